The van der Waals surface area contributed by atoms with E-state index in [1.807, 2.05) is 0 Å². The Bertz CT molecular complexity index is 213. The van der Waals surface area contributed by atoms with E-state index in [1.165, 1.54) is 0 Å². The molecule has 1 rings (SSSR count). The highest BCUT2D eigenvalue weighted by Gasteiger charge is 2.40. The Kier molecular flexibility index (Phi) is 5.46. The lowest BCUT2D eigenvalue weighted by Gasteiger charge is -2.41. The lowest BCUT2D eigenvalue weighted by Crippen LogP contribution is -2.48. The number of rotatable bonds is 2. The number of carbonyl (C=O) groups is 1. The van der Waals surface area contributed by atoms with Crippen molar-refractivity contribution in [3.63, 3.8) is 0 Å². The van der Waals surface area contributed by atoms with E-state index in [0.717, 1.165) is 0 Å². The van der Waals surface area contributed by atoms with E-state index in [9.17, 15) is 4.79 Å². The standard InChI is InChI=1S/C11H20O3.CH4/c1-6-7(2)10(9(4)12)14-11(13-5)8(6)3;/h6-8,10-11H,1-5H3;1H4. The first-order chi connectivity index (χ1) is 6.49. The molecule has 3 heteroatoms. The monoisotopic (exact) mass is 216 g/mol. The van der Waals surface area contributed by atoms with Crippen LogP contribution in [-0.2, 0) is 14.3 Å². The molecule has 1 fully saturated rings. The summed E-state index contributed by atoms with van der Waals surface area (Å²) in [7, 11) is 1.63. The molecule has 90 valence electrons. The van der Waals surface area contributed by atoms with Crippen molar-refractivity contribution in [1.29, 1.82) is 0 Å². The van der Waals surface area contributed by atoms with Crippen molar-refractivity contribution >= 4 is 5.78 Å². The lowest BCUT2D eigenvalue weighted by molar-refractivity contribution is -0.232. The Balaban J connectivity index is 0.00000196. The van der Waals surface area contributed by atoms with Gasteiger partial charge in [0.05, 0.1) is 0 Å². The summed E-state index contributed by atoms with van der Waals surface area (Å²) < 4.78 is 10.8. The molecule has 5 unspecified atom stereocenters. The number of ether oxygens (including phenoxy) is 2. The number of hydrogen-bond acceptors (Lipinski definition) is 3. The second-order valence-corrected chi connectivity index (χ2v) is 4.35. The van der Waals surface area contributed by atoms with Gasteiger partial charge in [-0.3, -0.25) is 4.79 Å². The largest absolute Gasteiger partial charge is 0.356 e. The Labute approximate surface area is 93.1 Å². The van der Waals surface area contributed by atoms with Crippen LogP contribution in [0.15, 0.2) is 0 Å². The molecule has 0 aromatic rings. The number of hydrogen-bond donors (Lipinski definition) is 0. The van der Waals surface area contributed by atoms with Crippen LogP contribution in [0.5, 0.6) is 0 Å². The van der Waals surface area contributed by atoms with Crippen LogP contribution in [0.25, 0.3) is 0 Å². The van der Waals surface area contributed by atoms with Gasteiger partial charge in [0.15, 0.2) is 12.1 Å². The maximum Gasteiger partial charge on any atom is 0.160 e. The van der Waals surface area contributed by atoms with Gasteiger partial charge in [-0.25, -0.2) is 0 Å². The minimum Gasteiger partial charge on any atom is -0.356 e. The Morgan fingerprint density at radius 2 is 1.67 bits per heavy atom. The Hall–Kier alpha value is -0.410. The zero-order valence-corrected chi connectivity index (χ0v) is 9.61. The summed E-state index contributed by atoms with van der Waals surface area (Å²) in [5.41, 5.74) is 0. The SMILES string of the molecule is C.COC1OC(C(C)=O)C(C)C(C)C1C. The smallest absolute Gasteiger partial charge is 0.160 e. The summed E-state index contributed by atoms with van der Waals surface area (Å²) in [6.07, 6.45) is -0.541. The summed E-state index contributed by atoms with van der Waals surface area (Å²) >= 11 is 0. The fourth-order valence-corrected chi connectivity index (χ4v) is 2.13. The van der Waals surface area contributed by atoms with Crippen LogP contribution >= 0.6 is 0 Å². The fourth-order valence-electron chi connectivity index (χ4n) is 2.13. The summed E-state index contributed by atoms with van der Waals surface area (Å²) in [5, 5.41) is 0. The van der Waals surface area contributed by atoms with Crippen molar-refractivity contribution in [3.05, 3.63) is 0 Å². The quantitative estimate of drug-likeness (QED) is 0.711. The molecule has 1 heterocycles. The highest BCUT2D eigenvalue weighted by atomic mass is 16.7. The third-order valence-electron chi connectivity index (χ3n) is 3.48. The van der Waals surface area contributed by atoms with Crippen molar-refractivity contribution in [3.8, 4) is 0 Å². The van der Waals surface area contributed by atoms with E-state index in [4.69, 9.17) is 9.47 Å². The zero-order valence-electron chi connectivity index (χ0n) is 9.61. The highest BCUT2D eigenvalue weighted by molar-refractivity contribution is 5.80. The van der Waals surface area contributed by atoms with Gasteiger partial charge in [-0.15, -0.1) is 0 Å². The maximum atomic E-state index is 11.3. The minimum absolute atomic E-state index is 0. The number of ketones is 1. The van der Waals surface area contributed by atoms with Crippen molar-refractivity contribution in [2.75, 3.05) is 7.11 Å². The van der Waals surface area contributed by atoms with Gasteiger partial charge in [-0.05, 0) is 18.8 Å². The van der Waals surface area contributed by atoms with Gasteiger partial charge in [0, 0.05) is 13.0 Å². The molecule has 1 aliphatic rings. The molecule has 0 saturated carbocycles. The van der Waals surface area contributed by atoms with Crippen LogP contribution in [0, 0.1) is 17.8 Å². The molecule has 15 heavy (non-hydrogen) atoms. The summed E-state index contributed by atoms with van der Waals surface area (Å²) in [6, 6.07) is 0. The molecular formula is C12H24O3. The molecule has 0 aromatic carbocycles. The van der Waals surface area contributed by atoms with E-state index >= 15 is 0 Å². The highest BCUT2D eigenvalue weighted by Crippen LogP contribution is 2.35. The van der Waals surface area contributed by atoms with Crippen LogP contribution in [0.2, 0.25) is 0 Å². The molecule has 0 aliphatic carbocycles. The summed E-state index contributed by atoms with van der Waals surface area (Å²) in [5.74, 6) is 1.15. The zero-order chi connectivity index (χ0) is 10.9. The first kappa shape index (κ1) is 14.6. The van der Waals surface area contributed by atoms with Crippen LogP contribution in [0.3, 0.4) is 0 Å². The average molecular weight is 216 g/mol. The van der Waals surface area contributed by atoms with Gasteiger partial charge in [-0.1, -0.05) is 28.2 Å². The van der Waals surface area contributed by atoms with Crippen molar-refractivity contribution in [2.45, 2.75) is 47.5 Å². The first-order valence-corrected chi connectivity index (χ1v) is 5.17. The molecule has 1 aliphatic heterocycles. The maximum absolute atomic E-state index is 11.3. The summed E-state index contributed by atoms with van der Waals surface area (Å²) in [6.45, 7) is 7.90. The predicted molar refractivity (Wildman–Crippen MR) is 60.6 cm³/mol. The third kappa shape index (κ3) is 2.79. The van der Waals surface area contributed by atoms with E-state index < -0.39 is 0 Å². The van der Waals surface area contributed by atoms with Crippen LogP contribution in [0.4, 0.5) is 0 Å². The van der Waals surface area contributed by atoms with E-state index in [2.05, 4.69) is 20.8 Å². The molecule has 3 nitrogen and oxygen atoms in total. The second-order valence-electron chi connectivity index (χ2n) is 4.35. The molecule has 0 spiro atoms. The van der Waals surface area contributed by atoms with E-state index in [1.54, 1.807) is 14.0 Å². The van der Waals surface area contributed by atoms with Gasteiger partial charge in [0.1, 0.15) is 6.10 Å². The molecule has 1 saturated heterocycles. The van der Waals surface area contributed by atoms with Gasteiger partial charge in [-0.2, -0.15) is 0 Å². The third-order valence-corrected chi connectivity index (χ3v) is 3.48. The van der Waals surface area contributed by atoms with E-state index in [-0.39, 0.29) is 31.5 Å². The first-order valence-electron chi connectivity index (χ1n) is 5.17. The minimum atomic E-state index is -0.300. The molecule has 0 N–H and O–H groups in total. The molecular weight excluding hydrogens is 192 g/mol. The lowest BCUT2D eigenvalue weighted by atomic mass is 9.78. The Morgan fingerprint density at radius 1 is 1.13 bits per heavy atom. The molecule has 0 radical (unpaired) electrons. The van der Waals surface area contributed by atoms with Gasteiger partial charge in [0.2, 0.25) is 0 Å². The number of carbonyl (C=O) groups excluding carboxylic acids is 1. The number of Topliss-reactive ketones (excluding diaryl/α,β-unsaturated/α-hetero) is 1. The van der Waals surface area contributed by atoms with E-state index in [0.29, 0.717) is 11.8 Å². The summed E-state index contributed by atoms with van der Waals surface area (Å²) in [4.78, 5) is 11.3. The van der Waals surface area contributed by atoms with Gasteiger partial charge < -0.3 is 9.47 Å². The fraction of sp³-hybridized carbons (Fsp3) is 0.917. The Morgan fingerprint density at radius 3 is 2.07 bits per heavy atom. The average Bonchev–Trinajstić information content (AvgIpc) is 2.14. The topological polar surface area (TPSA) is 35.5 Å². The molecule has 0 bridgehead atoms. The second kappa shape index (κ2) is 5.61. The number of methoxy groups -OCH3 is 1. The molecule has 0 aromatic heterocycles. The molecule has 0 amide bonds. The van der Waals surface area contributed by atoms with Crippen LogP contribution < -0.4 is 0 Å². The van der Waals surface area contributed by atoms with Crippen LogP contribution in [-0.4, -0.2) is 25.3 Å². The normalized spacial score (nSPS) is 40.7. The molecule has 5 atom stereocenters. The van der Waals surface area contributed by atoms with Gasteiger partial charge >= 0.3 is 0 Å². The van der Waals surface area contributed by atoms with Crippen molar-refractivity contribution in [1.82, 2.24) is 0 Å². The van der Waals surface area contributed by atoms with Crippen LogP contribution in [0.1, 0.15) is 35.1 Å². The van der Waals surface area contributed by atoms with Gasteiger partial charge in [0.25, 0.3) is 0 Å². The predicted octanol–water partition coefficient (Wildman–Crippen LogP) is 2.49. The van der Waals surface area contributed by atoms with Crippen molar-refractivity contribution in [2.24, 2.45) is 17.8 Å². The van der Waals surface area contributed by atoms with Crippen molar-refractivity contribution < 1.29 is 14.3 Å².